The van der Waals surface area contributed by atoms with Crippen molar-refractivity contribution >= 4 is 11.6 Å². The zero-order valence-electron chi connectivity index (χ0n) is 12.6. The number of nitrogens with zero attached hydrogens (tertiary/aromatic N) is 2. The molecule has 0 unspecified atom stereocenters. The Morgan fingerprint density at radius 3 is 2.46 bits per heavy atom. The second-order valence-electron chi connectivity index (χ2n) is 5.11. The molecule has 0 fully saturated rings. The van der Waals surface area contributed by atoms with Crippen molar-refractivity contribution in [2.24, 2.45) is 0 Å². The quantitative estimate of drug-likeness (QED) is 0.803. The SMILES string of the molecule is O=C(Cn1nc(-c2ccccc2)ccc1=O)Nc1ccccc1F. The van der Waals surface area contributed by atoms with Crippen molar-refractivity contribution in [2.75, 3.05) is 5.32 Å². The molecule has 3 aromatic rings. The van der Waals surface area contributed by atoms with Gasteiger partial charge in [0.2, 0.25) is 5.91 Å². The van der Waals surface area contributed by atoms with Crippen molar-refractivity contribution in [2.45, 2.75) is 6.54 Å². The number of carbonyl (C=O) groups excluding carboxylic acids is 1. The van der Waals surface area contributed by atoms with Crippen LogP contribution in [0.15, 0.2) is 71.5 Å². The fraction of sp³-hybridized carbons (Fsp3) is 0.0556. The molecule has 0 saturated carbocycles. The summed E-state index contributed by atoms with van der Waals surface area (Å²) in [5.74, 6) is -1.07. The molecule has 2 aromatic carbocycles. The standard InChI is InChI=1S/C18H14FN3O2/c19-14-8-4-5-9-16(14)20-17(23)12-22-18(24)11-10-15(21-22)13-6-2-1-3-7-13/h1-11H,12H2,(H,20,23). The van der Waals surface area contributed by atoms with Crippen molar-refractivity contribution in [1.29, 1.82) is 0 Å². The van der Waals surface area contributed by atoms with E-state index in [2.05, 4.69) is 10.4 Å². The van der Waals surface area contributed by atoms with Crippen molar-refractivity contribution in [3.05, 3.63) is 82.9 Å². The Balaban J connectivity index is 1.81. The average Bonchev–Trinajstić information content (AvgIpc) is 2.60. The largest absolute Gasteiger partial charge is 0.322 e. The van der Waals surface area contributed by atoms with Crippen molar-refractivity contribution < 1.29 is 9.18 Å². The molecule has 0 bridgehead atoms. The lowest BCUT2D eigenvalue weighted by Crippen LogP contribution is -2.29. The van der Waals surface area contributed by atoms with Gasteiger partial charge in [-0.1, -0.05) is 42.5 Å². The number of aromatic nitrogens is 2. The molecule has 0 radical (unpaired) electrons. The smallest absolute Gasteiger partial charge is 0.267 e. The Bertz CT molecular complexity index is 923. The number of anilines is 1. The van der Waals surface area contributed by atoms with E-state index in [0.29, 0.717) is 5.69 Å². The Morgan fingerprint density at radius 1 is 1.00 bits per heavy atom. The Hall–Kier alpha value is -3.28. The van der Waals surface area contributed by atoms with E-state index < -0.39 is 17.3 Å². The second kappa shape index (κ2) is 6.87. The number of carbonyl (C=O) groups is 1. The van der Waals surface area contributed by atoms with Crippen molar-refractivity contribution in [1.82, 2.24) is 9.78 Å². The van der Waals surface area contributed by atoms with Gasteiger partial charge in [0.15, 0.2) is 0 Å². The summed E-state index contributed by atoms with van der Waals surface area (Å²) in [4.78, 5) is 24.0. The van der Waals surface area contributed by atoms with E-state index >= 15 is 0 Å². The molecule has 0 aliphatic rings. The summed E-state index contributed by atoms with van der Waals surface area (Å²) in [7, 11) is 0. The topological polar surface area (TPSA) is 64.0 Å². The fourth-order valence-electron chi connectivity index (χ4n) is 2.21. The molecule has 1 N–H and O–H groups in total. The summed E-state index contributed by atoms with van der Waals surface area (Å²) in [6.07, 6.45) is 0. The average molecular weight is 323 g/mol. The summed E-state index contributed by atoms with van der Waals surface area (Å²) >= 11 is 0. The number of amides is 1. The first-order chi connectivity index (χ1) is 11.6. The molecule has 1 amide bonds. The third-order valence-corrected chi connectivity index (χ3v) is 3.38. The maximum absolute atomic E-state index is 13.6. The molecular weight excluding hydrogens is 309 g/mol. The molecule has 0 aliphatic heterocycles. The molecular formula is C18H14FN3O2. The van der Waals surface area contributed by atoms with E-state index in [4.69, 9.17) is 0 Å². The molecule has 24 heavy (non-hydrogen) atoms. The molecule has 0 atom stereocenters. The maximum Gasteiger partial charge on any atom is 0.267 e. The minimum absolute atomic E-state index is 0.0646. The minimum Gasteiger partial charge on any atom is -0.322 e. The van der Waals surface area contributed by atoms with Gasteiger partial charge < -0.3 is 5.32 Å². The van der Waals surface area contributed by atoms with Crippen LogP contribution in [0.3, 0.4) is 0 Å². The number of benzene rings is 2. The molecule has 0 aliphatic carbocycles. The molecule has 1 aromatic heterocycles. The molecule has 5 nitrogen and oxygen atoms in total. The monoisotopic (exact) mass is 323 g/mol. The molecule has 6 heteroatoms. The predicted molar refractivity (Wildman–Crippen MR) is 89.0 cm³/mol. The summed E-state index contributed by atoms with van der Waals surface area (Å²) < 4.78 is 14.6. The van der Waals surface area contributed by atoms with Crippen LogP contribution >= 0.6 is 0 Å². The lowest BCUT2D eigenvalue weighted by Gasteiger charge is -2.09. The Morgan fingerprint density at radius 2 is 1.71 bits per heavy atom. The number of nitrogens with one attached hydrogen (secondary N) is 1. The molecule has 120 valence electrons. The van der Waals surface area contributed by atoms with E-state index in [-0.39, 0.29) is 12.2 Å². The van der Waals surface area contributed by atoms with Crippen LogP contribution < -0.4 is 10.9 Å². The molecule has 0 spiro atoms. The highest BCUT2D eigenvalue weighted by molar-refractivity contribution is 5.90. The summed E-state index contributed by atoms with van der Waals surface area (Å²) in [6, 6.07) is 18.1. The van der Waals surface area contributed by atoms with Gasteiger partial charge in [0.05, 0.1) is 11.4 Å². The molecule has 0 saturated heterocycles. The maximum atomic E-state index is 13.6. The number of rotatable bonds is 4. The third-order valence-electron chi connectivity index (χ3n) is 3.38. The highest BCUT2D eigenvalue weighted by Gasteiger charge is 2.10. The number of halogens is 1. The van der Waals surface area contributed by atoms with E-state index in [1.807, 2.05) is 30.3 Å². The highest BCUT2D eigenvalue weighted by atomic mass is 19.1. The van der Waals surface area contributed by atoms with E-state index in [9.17, 15) is 14.0 Å². The van der Waals surface area contributed by atoms with Crippen LogP contribution in [-0.4, -0.2) is 15.7 Å². The van der Waals surface area contributed by atoms with E-state index in [1.54, 1.807) is 12.1 Å². The third kappa shape index (κ3) is 3.55. The van der Waals surface area contributed by atoms with Gasteiger partial charge in [0.1, 0.15) is 12.4 Å². The summed E-state index contributed by atoms with van der Waals surface area (Å²) in [6.45, 7) is -0.298. The first-order valence-corrected chi connectivity index (χ1v) is 7.31. The van der Waals surface area contributed by atoms with Gasteiger partial charge in [-0.25, -0.2) is 9.07 Å². The Labute approximate surface area is 137 Å². The van der Waals surface area contributed by atoms with Crippen LogP contribution in [0.4, 0.5) is 10.1 Å². The zero-order chi connectivity index (χ0) is 16.9. The van der Waals surface area contributed by atoms with Crippen LogP contribution in [0.25, 0.3) is 11.3 Å². The van der Waals surface area contributed by atoms with Crippen LogP contribution in [0.5, 0.6) is 0 Å². The summed E-state index contributed by atoms with van der Waals surface area (Å²) in [5, 5.41) is 6.63. The fourth-order valence-corrected chi connectivity index (χ4v) is 2.21. The van der Waals surface area contributed by atoms with Crippen LogP contribution in [-0.2, 0) is 11.3 Å². The number of para-hydroxylation sites is 1. The van der Waals surface area contributed by atoms with Gasteiger partial charge in [0.25, 0.3) is 5.56 Å². The van der Waals surface area contributed by atoms with Crippen LogP contribution in [0, 0.1) is 5.82 Å². The van der Waals surface area contributed by atoms with Gasteiger partial charge in [-0.2, -0.15) is 5.10 Å². The first kappa shape index (κ1) is 15.6. The van der Waals surface area contributed by atoms with Gasteiger partial charge in [0, 0.05) is 11.6 Å². The number of hydrogen-bond donors (Lipinski definition) is 1. The van der Waals surface area contributed by atoms with Gasteiger partial charge >= 0.3 is 0 Å². The predicted octanol–water partition coefficient (Wildman–Crippen LogP) is 2.69. The lowest BCUT2D eigenvalue weighted by atomic mass is 10.1. The molecule has 3 rings (SSSR count). The van der Waals surface area contributed by atoms with Crippen LogP contribution in [0.2, 0.25) is 0 Å². The van der Waals surface area contributed by atoms with Gasteiger partial charge in [-0.3, -0.25) is 9.59 Å². The molecule has 1 heterocycles. The lowest BCUT2D eigenvalue weighted by molar-refractivity contribution is -0.117. The second-order valence-corrected chi connectivity index (χ2v) is 5.11. The highest BCUT2D eigenvalue weighted by Crippen LogP contribution is 2.14. The van der Waals surface area contributed by atoms with Gasteiger partial charge in [-0.05, 0) is 18.2 Å². The number of hydrogen-bond acceptors (Lipinski definition) is 3. The van der Waals surface area contributed by atoms with Gasteiger partial charge in [-0.15, -0.1) is 0 Å². The van der Waals surface area contributed by atoms with E-state index in [1.165, 1.54) is 24.3 Å². The zero-order valence-corrected chi connectivity index (χ0v) is 12.6. The van der Waals surface area contributed by atoms with Crippen molar-refractivity contribution in [3.8, 4) is 11.3 Å². The van der Waals surface area contributed by atoms with E-state index in [0.717, 1.165) is 10.2 Å². The first-order valence-electron chi connectivity index (χ1n) is 7.31. The normalized spacial score (nSPS) is 10.4. The minimum atomic E-state index is -0.538. The summed E-state index contributed by atoms with van der Waals surface area (Å²) in [5.41, 5.74) is 1.07. The van der Waals surface area contributed by atoms with Crippen LogP contribution in [0.1, 0.15) is 0 Å². The Kier molecular flexibility index (Phi) is 4.47. The van der Waals surface area contributed by atoms with Crippen molar-refractivity contribution in [3.63, 3.8) is 0 Å².